The molecule has 0 amide bonds. The van der Waals surface area contributed by atoms with Gasteiger partial charge in [0.2, 0.25) is 0 Å². The molecule has 0 spiro atoms. The SMILES string of the molecule is Cc1cccc[n+]1CCCC(=O)OC1CCSSC1. The van der Waals surface area contributed by atoms with Crippen LogP contribution in [0.1, 0.15) is 25.0 Å². The second-order valence-corrected chi connectivity index (χ2v) is 7.27. The third-order valence-corrected chi connectivity index (χ3v) is 5.59. The molecule has 1 atom stereocenters. The van der Waals surface area contributed by atoms with E-state index in [0.29, 0.717) is 6.42 Å². The molecule has 5 heteroatoms. The molecule has 0 saturated carbocycles. The Labute approximate surface area is 122 Å². The molecular formula is C14H20NO2S2+. The average molecular weight is 298 g/mol. The zero-order valence-corrected chi connectivity index (χ0v) is 12.8. The van der Waals surface area contributed by atoms with Crippen molar-refractivity contribution < 1.29 is 14.1 Å². The highest BCUT2D eigenvalue weighted by Crippen LogP contribution is 2.30. The van der Waals surface area contributed by atoms with Gasteiger partial charge < -0.3 is 4.74 Å². The van der Waals surface area contributed by atoms with Crippen molar-refractivity contribution in [3.8, 4) is 0 Å². The van der Waals surface area contributed by atoms with Crippen LogP contribution in [0.5, 0.6) is 0 Å². The Hall–Kier alpha value is -0.680. The van der Waals surface area contributed by atoms with Crippen molar-refractivity contribution in [1.82, 2.24) is 0 Å². The molecule has 1 aromatic rings. The topological polar surface area (TPSA) is 30.2 Å². The monoisotopic (exact) mass is 298 g/mol. The molecule has 1 fully saturated rings. The van der Waals surface area contributed by atoms with E-state index >= 15 is 0 Å². The average Bonchev–Trinajstić information content (AvgIpc) is 2.42. The molecule has 1 unspecified atom stereocenters. The van der Waals surface area contributed by atoms with Gasteiger partial charge in [-0.15, -0.1) is 0 Å². The lowest BCUT2D eigenvalue weighted by molar-refractivity contribution is -0.703. The lowest BCUT2D eigenvalue weighted by atomic mass is 10.2. The fourth-order valence-corrected chi connectivity index (χ4v) is 4.34. The Bertz CT molecular complexity index is 420. The minimum absolute atomic E-state index is 0.0494. The van der Waals surface area contributed by atoms with Crippen molar-refractivity contribution in [3.05, 3.63) is 30.1 Å². The van der Waals surface area contributed by atoms with Crippen molar-refractivity contribution in [2.75, 3.05) is 11.5 Å². The first-order valence-electron chi connectivity index (χ1n) is 6.64. The first kappa shape index (κ1) is 14.7. The third kappa shape index (κ3) is 5.07. The van der Waals surface area contributed by atoms with Crippen LogP contribution in [0.15, 0.2) is 24.4 Å². The van der Waals surface area contributed by atoms with Crippen LogP contribution in [-0.2, 0) is 16.1 Å². The molecule has 2 rings (SSSR count). The van der Waals surface area contributed by atoms with Crippen LogP contribution in [-0.4, -0.2) is 23.6 Å². The van der Waals surface area contributed by atoms with E-state index in [4.69, 9.17) is 4.74 Å². The molecular weight excluding hydrogens is 278 g/mol. The lowest BCUT2D eigenvalue weighted by Crippen LogP contribution is -2.36. The lowest BCUT2D eigenvalue weighted by Gasteiger charge is -2.20. The van der Waals surface area contributed by atoms with Gasteiger partial charge in [0.05, 0.1) is 6.42 Å². The summed E-state index contributed by atoms with van der Waals surface area (Å²) in [4.78, 5) is 11.7. The van der Waals surface area contributed by atoms with Crippen molar-refractivity contribution in [2.24, 2.45) is 0 Å². The van der Waals surface area contributed by atoms with Gasteiger partial charge >= 0.3 is 5.97 Å². The summed E-state index contributed by atoms with van der Waals surface area (Å²) in [6.45, 7) is 2.95. The van der Waals surface area contributed by atoms with Gasteiger partial charge in [-0.2, -0.15) is 0 Å². The molecule has 1 saturated heterocycles. The summed E-state index contributed by atoms with van der Waals surface area (Å²) in [6.07, 6.45) is 4.52. The van der Waals surface area contributed by atoms with Crippen molar-refractivity contribution in [2.45, 2.75) is 38.8 Å². The minimum Gasteiger partial charge on any atom is -0.461 e. The van der Waals surface area contributed by atoms with E-state index in [1.54, 1.807) is 10.8 Å². The Morgan fingerprint density at radius 3 is 3.11 bits per heavy atom. The van der Waals surface area contributed by atoms with Crippen LogP contribution >= 0.6 is 21.6 Å². The highest BCUT2D eigenvalue weighted by Gasteiger charge is 2.18. The van der Waals surface area contributed by atoms with Gasteiger partial charge in [-0.3, -0.25) is 4.79 Å². The maximum absolute atomic E-state index is 11.7. The molecule has 104 valence electrons. The van der Waals surface area contributed by atoms with E-state index in [9.17, 15) is 4.79 Å². The van der Waals surface area contributed by atoms with E-state index in [1.807, 2.05) is 22.9 Å². The molecule has 1 aliphatic rings. The summed E-state index contributed by atoms with van der Waals surface area (Å²) in [5.74, 6) is 1.97. The number of nitrogens with zero attached hydrogens (tertiary/aromatic N) is 1. The van der Waals surface area contributed by atoms with E-state index < -0.39 is 0 Å². The summed E-state index contributed by atoms with van der Waals surface area (Å²) in [5, 5.41) is 0. The second kappa shape index (κ2) is 7.80. The number of hydrogen-bond acceptors (Lipinski definition) is 4. The summed E-state index contributed by atoms with van der Waals surface area (Å²) >= 11 is 0. The molecule has 0 aliphatic carbocycles. The Morgan fingerprint density at radius 2 is 2.37 bits per heavy atom. The summed E-state index contributed by atoms with van der Waals surface area (Å²) in [6, 6.07) is 6.12. The Kier molecular flexibility index (Phi) is 6.04. The smallest absolute Gasteiger partial charge is 0.306 e. The number of hydrogen-bond donors (Lipinski definition) is 0. The fraction of sp³-hybridized carbons (Fsp3) is 0.571. The first-order valence-corrected chi connectivity index (χ1v) is 9.13. The summed E-state index contributed by atoms with van der Waals surface area (Å²) in [5.41, 5.74) is 1.22. The molecule has 0 radical (unpaired) electrons. The second-order valence-electron chi connectivity index (χ2n) is 4.65. The maximum Gasteiger partial charge on any atom is 0.306 e. The van der Waals surface area contributed by atoms with Gasteiger partial charge in [0.25, 0.3) is 0 Å². The van der Waals surface area contributed by atoms with E-state index in [1.165, 1.54) is 5.69 Å². The summed E-state index contributed by atoms with van der Waals surface area (Å²) < 4.78 is 7.64. The zero-order chi connectivity index (χ0) is 13.5. The molecule has 1 aromatic heterocycles. The largest absolute Gasteiger partial charge is 0.461 e. The number of pyridine rings is 1. The molecule has 3 nitrogen and oxygen atoms in total. The normalized spacial score (nSPS) is 19.1. The van der Waals surface area contributed by atoms with Crippen LogP contribution in [0.3, 0.4) is 0 Å². The third-order valence-electron chi connectivity index (χ3n) is 3.11. The molecule has 0 N–H and O–H groups in total. The zero-order valence-electron chi connectivity index (χ0n) is 11.2. The van der Waals surface area contributed by atoms with Crippen LogP contribution in [0.25, 0.3) is 0 Å². The van der Waals surface area contributed by atoms with Crippen LogP contribution < -0.4 is 4.57 Å². The Morgan fingerprint density at radius 1 is 1.47 bits per heavy atom. The predicted molar refractivity (Wildman–Crippen MR) is 80.0 cm³/mol. The standard InChI is InChI=1S/C14H20NO2S2/c1-12-5-2-3-8-15(12)9-4-6-14(16)17-13-7-10-18-19-11-13/h2-3,5,8,13H,4,6-7,9-11H2,1H3/q+1. The number of esters is 1. The highest BCUT2D eigenvalue weighted by molar-refractivity contribution is 8.76. The number of rotatable bonds is 5. The molecule has 0 aromatic carbocycles. The molecule has 19 heavy (non-hydrogen) atoms. The van der Waals surface area contributed by atoms with Gasteiger partial charge in [0, 0.05) is 37.0 Å². The van der Waals surface area contributed by atoms with Crippen molar-refractivity contribution in [1.29, 1.82) is 0 Å². The van der Waals surface area contributed by atoms with Crippen LogP contribution in [0.2, 0.25) is 0 Å². The van der Waals surface area contributed by atoms with Crippen molar-refractivity contribution in [3.63, 3.8) is 0 Å². The predicted octanol–water partition coefficient (Wildman–Crippen LogP) is 2.76. The molecule has 0 bridgehead atoms. The van der Waals surface area contributed by atoms with Gasteiger partial charge in [0.15, 0.2) is 11.9 Å². The Balaban J connectivity index is 1.67. The number of ether oxygens (including phenoxy) is 1. The molecule has 2 heterocycles. The van der Waals surface area contributed by atoms with E-state index in [-0.39, 0.29) is 12.1 Å². The van der Waals surface area contributed by atoms with E-state index in [0.717, 1.165) is 30.9 Å². The molecule has 1 aliphatic heterocycles. The number of carbonyl (C=O) groups excluding carboxylic acids is 1. The first-order chi connectivity index (χ1) is 9.25. The van der Waals surface area contributed by atoms with Gasteiger partial charge in [-0.1, -0.05) is 27.7 Å². The number of aromatic nitrogens is 1. The van der Waals surface area contributed by atoms with Gasteiger partial charge in [-0.25, -0.2) is 4.57 Å². The number of carbonyl (C=O) groups is 1. The summed E-state index contributed by atoms with van der Waals surface area (Å²) in [7, 11) is 3.67. The van der Waals surface area contributed by atoms with Crippen LogP contribution in [0, 0.1) is 6.92 Å². The van der Waals surface area contributed by atoms with Gasteiger partial charge in [-0.05, 0) is 6.42 Å². The van der Waals surface area contributed by atoms with Crippen LogP contribution in [0.4, 0.5) is 0 Å². The number of aryl methyl sites for hydroxylation is 2. The highest BCUT2D eigenvalue weighted by atomic mass is 33.1. The minimum atomic E-state index is -0.0494. The van der Waals surface area contributed by atoms with Crippen molar-refractivity contribution >= 4 is 27.6 Å². The quantitative estimate of drug-likeness (QED) is 0.475. The van der Waals surface area contributed by atoms with E-state index in [2.05, 4.69) is 23.8 Å². The fourth-order valence-electron chi connectivity index (χ4n) is 1.99. The van der Waals surface area contributed by atoms with Gasteiger partial charge in [0.1, 0.15) is 12.6 Å². The maximum atomic E-state index is 11.7.